The highest BCUT2D eigenvalue weighted by Crippen LogP contribution is 1.95. The predicted octanol–water partition coefficient (Wildman–Crippen LogP) is 0.202. The van der Waals surface area contributed by atoms with Crippen molar-refractivity contribution in [3.63, 3.8) is 0 Å². The minimum atomic E-state index is 0.129. The van der Waals surface area contributed by atoms with Gasteiger partial charge >= 0.3 is 0 Å². The summed E-state index contributed by atoms with van der Waals surface area (Å²) in [7, 11) is 3.51. The number of carbonyl (C=O) groups is 1. The van der Waals surface area contributed by atoms with Gasteiger partial charge in [0.2, 0.25) is 5.91 Å². The summed E-state index contributed by atoms with van der Waals surface area (Å²) in [6.45, 7) is 1.91. The smallest absolute Gasteiger partial charge is 0.222 e. The van der Waals surface area contributed by atoms with E-state index in [-0.39, 0.29) is 11.9 Å². The molecule has 0 fully saturated rings. The van der Waals surface area contributed by atoms with Gasteiger partial charge in [-0.2, -0.15) is 0 Å². The Hall–Kier alpha value is -0.570. The van der Waals surface area contributed by atoms with Crippen molar-refractivity contribution in [3.05, 3.63) is 0 Å². The molecular weight excluding hydrogens is 128 g/mol. The van der Waals surface area contributed by atoms with Crippen molar-refractivity contribution in [1.82, 2.24) is 4.90 Å². The second kappa shape index (κ2) is 4.28. The molecule has 10 heavy (non-hydrogen) atoms. The Kier molecular flexibility index (Phi) is 4.03. The predicted molar refractivity (Wildman–Crippen MR) is 41.6 cm³/mol. The van der Waals surface area contributed by atoms with E-state index in [1.807, 2.05) is 6.92 Å². The molecule has 0 rings (SSSR count). The second-order valence-corrected chi connectivity index (χ2v) is 2.80. The molecule has 0 aliphatic carbocycles. The minimum absolute atomic E-state index is 0.129. The van der Waals surface area contributed by atoms with Crippen molar-refractivity contribution in [3.8, 4) is 0 Å². The molecule has 3 nitrogen and oxygen atoms in total. The highest BCUT2D eigenvalue weighted by atomic mass is 16.2. The summed E-state index contributed by atoms with van der Waals surface area (Å²) < 4.78 is 0. The molecule has 0 aromatic heterocycles. The summed E-state index contributed by atoms with van der Waals surface area (Å²) in [6, 6.07) is 0.129. The molecule has 0 spiro atoms. The molecule has 0 aliphatic rings. The van der Waals surface area contributed by atoms with Gasteiger partial charge in [-0.3, -0.25) is 4.79 Å². The van der Waals surface area contributed by atoms with Crippen LogP contribution in [0.5, 0.6) is 0 Å². The standard InChI is InChI=1S/C7H16N2O/c1-6(8)4-5-7(10)9(2)3/h6H,4-5,8H2,1-3H3/t6-/m0/s1. The lowest BCUT2D eigenvalue weighted by molar-refractivity contribution is -0.128. The Bertz CT molecular complexity index is 110. The topological polar surface area (TPSA) is 46.3 Å². The summed E-state index contributed by atoms with van der Waals surface area (Å²) in [5, 5.41) is 0. The van der Waals surface area contributed by atoms with Gasteiger partial charge in [-0.15, -0.1) is 0 Å². The van der Waals surface area contributed by atoms with Gasteiger partial charge in [0.1, 0.15) is 0 Å². The summed E-state index contributed by atoms with van der Waals surface area (Å²) in [4.78, 5) is 12.5. The fraction of sp³-hybridized carbons (Fsp3) is 0.857. The van der Waals surface area contributed by atoms with Gasteiger partial charge in [-0.25, -0.2) is 0 Å². The van der Waals surface area contributed by atoms with Gasteiger partial charge in [-0.05, 0) is 13.3 Å². The largest absolute Gasteiger partial charge is 0.349 e. The van der Waals surface area contributed by atoms with Crippen molar-refractivity contribution in [1.29, 1.82) is 0 Å². The van der Waals surface area contributed by atoms with E-state index in [0.717, 1.165) is 6.42 Å². The van der Waals surface area contributed by atoms with Gasteiger partial charge < -0.3 is 10.6 Å². The van der Waals surface area contributed by atoms with E-state index >= 15 is 0 Å². The molecule has 0 bridgehead atoms. The zero-order valence-corrected chi connectivity index (χ0v) is 6.92. The quantitative estimate of drug-likeness (QED) is 0.615. The van der Waals surface area contributed by atoms with Crippen LogP contribution >= 0.6 is 0 Å². The summed E-state index contributed by atoms with van der Waals surface area (Å²) >= 11 is 0. The summed E-state index contributed by atoms with van der Waals surface area (Å²) in [5.41, 5.74) is 5.47. The Morgan fingerprint density at radius 3 is 2.40 bits per heavy atom. The summed E-state index contributed by atoms with van der Waals surface area (Å²) in [5.74, 6) is 0.150. The molecule has 2 N–H and O–H groups in total. The van der Waals surface area contributed by atoms with Crippen LogP contribution in [0.1, 0.15) is 19.8 Å². The van der Waals surface area contributed by atoms with Gasteiger partial charge in [0.25, 0.3) is 0 Å². The van der Waals surface area contributed by atoms with Crippen molar-refractivity contribution >= 4 is 5.91 Å². The zero-order valence-electron chi connectivity index (χ0n) is 6.92. The second-order valence-electron chi connectivity index (χ2n) is 2.80. The van der Waals surface area contributed by atoms with E-state index in [4.69, 9.17) is 5.73 Å². The van der Waals surface area contributed by atoms with Gasteiger partial charge in [0.15, 0.2) is 0 Å². The molecule has 3 heteroatoms. The normalized spacial score (nSPS) is 12.8. The lowest BCUT2D eigenvalue weighted by Crippen LogP contribution is -2.24. The molecule has 0 heterocycles. The third-order valence-corrected chi connectivity index (χ3v) is 1.31. The first-order chi connectivity index (χ1) is 4.54. The fourth-order valence-electron chi connectivity index (χ4n) is 0.575. The van der Waals surface area contributed by atoms with Crippen molar-refractivity contribution < 1.29 is 4.79 Å². The van der Waals surface area contributed by atoms with Crippen LogP contribution in [0.15, 0.2) is 0 Å². The Morgan fingerprint density at radius 1 is 1.60 bits per heavy atom. The molecule has 60 valence electrons. The average molecular weight is 144 g/mol. The van der Waals surface area contributed by atoms with E-state index in [0.29, 0.717) is 6.42 Å². The van der Waals surface area contributed by atoms with Crippen LogP contribution in [0.2, 0.25) is 0 Å². The number of rotatable bonds is 3. The molecule has 1 amide bonds. The zero-order chi connectivity index (χ0) is 8.15. The van der Waals surface area contributed by atoms with E-state index in [2.05, 4.69) is 0 Å². The maximum absolute atomic E-state index is 10.9. The molecule has 0 aliphatic heterocycles. The van der Waals surface area contributed by atoms with E-state index in [9.17, 15) is 4.79 Å². The van der Waals surface area contributed by atoms with Crippen LogP contribution < -0.4 is 5.73 Å². The highest BCUT2D eigenvalue weighted by Gasteiger charge is 2.04. The van der Waals surface area contributed by atoms with Crippen molar-refractivity contribution in [2.45, 2.75) is 25.8 Å². The van der Waals surface area contributed by atoms with Crippen molar-refractivity contribution in [2.24, 2.45) is 5.73 Å². The third-order valence-electron chi connectivity index (χ3n) is 1.31. The van der Waals surface area contributed by atoms with Gasteiger partial charge in [-0.1, -0.05) is 0 Å². The average Bonchev–Trinajstić information content (AvgIpc) is 1.82. The Morgan fingerprint density at radius 2 is 2.10 bits per heavy atom. The number of hydrogen-bond donors (Lipinski definition) is 1. The van der Waals surface area contributed by atoms with Gasteiger partial charge in [0, 0.05) is 26.6 Å². The molecule has 0 aromatic rings. The highest BCUT2D eigenvalue weighted by molar-refractivity contribution is 5.75. The molecule has 1 atom stereocenters. The first-order valence-electron chi connectivity index (χ1n) is 3.49. The SMILES string of the molecule is C[C@H](N)CCC(=O)N(C)C. The molecular formula is C7H16N2O. The lowest BCUT2D eigenvalue weighted by atomic mass is 10.2. The first-order valence-corrected chi connectivity index (χ1v) is 3.49. The number of carbonyl (C=O) groups excluding carboxylic acids is 1. The fourth-order valence-corrected chi connectivity index (χ4v) is 0.575. The summed E-state index contributed by atoms with van der Waals surface area (Å²) in [6.07, 6.45) is 1.34. The number of nitrogens with two attached hydrogens (primary N) is 1. The number of amides is 1. The first kappa shape index (κ1) is 9.43. The Balaban J connectivity index is 3.40. The van der Waals surface area contributed by atoms with Crippen molar-refractivity contribution in [2.75, 3.05) is 14.1 Å². The molecule has 0 saturated carbocycles. The van der Waals surface area contributed by atoms with Crippen LogP contribution in [-0.2, 0) is 4.79 Å². The van der Waals surface area contributed by atoms with Crippen LogP contribution in [0.25, 0.3) is 0 Å². The molecule has 0 unspecified atom stereocenters. The number of hydrogen-bond acceptors (Lipinski definition) is 2. The van der Waals surface area contributed by atoms with Gasteiger partial charge in [0.05, 0.1) is 0 Å². The molecule has 0 aromatic carbocycles. The van der Waals surface area contributed by atoms with E-state index in [1.54, 1.807) is 19.0 Å². The third kappa shape index (κ3) is 4.32. The van der Waals surface area contributed by atoms with E-state index < -0.39 is 0 Å². The monoisotopic (exact) mass is 144 g/mol. The maximum atomic E-state index is 10.9. The van der Waals surface area contributed by atoms with Crippen LogP contribution in [0.3, 0.4) is 0 Å². The number of nitrogens with zero attached hydrogens (tertiary/aromatic N) is 1. The molecule has 0 saturated heterocycles. The minimum Gasteiger partial charge on any atom is -0.349 e. The molecule has 0 radical (unpaired) electrons. The maximum Gasteiger partial charge on any atom is 0.222 e. The van der Waals surface area contributed by atoms with Crippen LogP contribution in [0, 0.1) is 0 Å². The lowest BCUT2D eigenvalue weighted by Gasteiger charge is -2.10. The van der Waals surface area contributed by atoms with E-state index in [1.165, 1.54) is 0 Å². The Labute approximate surface area is 62.2 Å². The van der Waals surface area contributed by atoms with Crippen LogP contribution in [0.4, 0.5) is 0 Å². The van der Waals surface area contributed by atoms with Crippen LogP contribution in [-0.4, -0.2) is 30.9 Å².